The first-order chi connectivity index (χ1) is 13.9. The average Bonchev–Trinajstić information content (AvgIpc) is 2.70. The lowest BCUT2D eigenvalue weighted by Gasteiger charge is -2.34. The second-order valence-electron chi connectivity index (χ2n) is 7.55. The third-order valence-electron chi connectivity index (χ3n) is 5.40. The zero-order chi connectivity index (χ0) is 20.8. The maximum Gasteiger partial charge on any atom is 0.336 e. The molecule has 0 saturated heterocycles. The lowest BCUT2D eigenvalue weighted by molar-refractivity contribution is 0.0684. The number of nitrogens with two attached hydrogens (primary N) is 1. The van der Waals surface area contributed by atoms with Gasteiger partial charge in [0.15, 0.2) is 0 Å². The molecule has 0 bridgehead atoms. The third-order valence-corrected chi connectivity index (χ3v) is 5.40. The van der Waals surface area contributed by atoms with E-state index in [2.05, 4.69) is 10.6 Å². The van der Waals surface area contributed by atoms with Gasteiger partial charge in [-0.15, -0.1) is 0 Å². The molecular weight excluding hydrogens is 370 g/mol. The van der Waals surface area contributed by atoms with Gasteiger partial charge in [0, 0.05) is 31.2 Å². The van der Waals surface area contributed by atoms with E-state index in [1.165, 1.54) is 0 Å². The molecule has 0 aliphatic heterocycles. The smallest absolute Gasteiger partial charge is 0.336 e. The van der Waals surface area contributed by atoms with Crippen molar-refractivity contribution in [3.8, 4) is 0 Å². The fraction of sp³-hybridized carbons (Fsp3) is 0.364. The largest absolute Gasteiger partial charge is 0.478 e. The van der Waals surface area contributed by atoms with E-state index in [1.54, 1.807) is 24.3 Å². The lowest BCUT2D eigenvalue weighted by Crippen LogP contribution is -2.48. The van der Waals surface area contributed by atoms with Crippen molar-refractivity contribution in [3.05, 3.63) is 70.8 Å². The van der Waals surface area contributed by atoms with E-state index in [1.807, 2.05) is 24.3 Å². The molecule has 2 aromatic carbocycles. The molecule has 0 aromatic heterocycles. The van der Waals surface area contributed by atoms with Crippen molar-refractivity contribution in [1.82, 2.24) is 10.6 Å². The van der Waals surface area contributed by atoms with E-state index in [-0.39, 0.29) is 18.1 Å². The molecule has 2 aromatic rings. The van der Waals surface area contributed by atoms with Crippen molar-refractivity contribution < 1.29 is 19.8 Å². The molecule has 6 N–H and O–H groups in total. The highest BCUT2D eigenvalue weighted by Crippen LogP contribution is 2.20. The number of carboxylic acids is 2. The van der Waals surface area contributed by atoms with Gasteiger partial charge in [0.1, 0.15) is 0 Å². The van der Waals surface area contributed by atoms with E-state index in [9.17, 15) is 19.8 Å². The van der Waals surface area contributed by atoms with Gasteiger partial charge in [-0.05, 0) is 42.5 Å². The van der Waals surface area contributed by atoms with E-state index in [4.69, 9.17) is 5.73 Å². The summed E-state index contributed by atoms with van der Waals surface area (Å²) in [7, 11) is 0. The van der Waals surface area contributed by atoms with Gasteiger partial charge in [0.25, 0.3) is 0 Å². The molecule has 3 rings (SSSR count). The number of benzene rings is 2. The van der Waals surface area contributed by atoms with Gasteiger partial charge in [-0.3, -0.25) is 0 Å². The number of hydrogen-bond donors (Lipinski definition) is 5. The van der Waals surface area contributed by atoms with Gasteiger partial charge in [-0.1, -0.05) is 36.4 Å². The zero-order valence-electron chi connectivity index (χ0n) is 16.2. The Bertz CT molecular complexity index is 801. The highest BCUT2D eigenvalue weighted by molar-refractivity contribution is 5.89. The molecule has 7 nitrogen and oxygen atoms in total. The molecule has 154 valence electrons. The zero-order valence-corrected chi connectivity index (χ0v) is 16.2. The molecule has 29 heavy (non-hydrogen) atoms. The number of rotatable bonds is 8. The third kappa shape index (κ3) is 5.63. The predicted molar refractivity (Wildman–Crippen MR) is 110 cm³/mol. The van der Waals surface area contributed by atoms with Crippen molar-refractivity contribution in [1.29, 1.82) is 0 Å². The Labute approximate surface area is 169 Å². The lowest BCUT2D eigenvalue weighted by atomic mass is 9.87. The summed E-state index contributed by atoms with van der Waals surface area (Å²) in [5.74, 6) is -1.86. The molecule has 0 amide bonds. The molecule has 1 unspecified atom stereocenters. The van der Waals surface area contributed by atoms with Crippen LogP contribution in [0.5, 0.6) is 0 Å². The van der Waals surface area contributed by atoms with Gasteiger partial charge < -0.3 is 26.6 Å². The van der Waals surface area contributed by atoms with Crippen LogP contribution in [0.3, 0.4) is 0 Å². The summed E-state index contributed by atoms with van der Waals surface area (Å²) in [6.45, 7) is 0.933. The van der Waals surface area contributed by atoms with Crippen LogP contribution in [0.1, 0.15) is 51.1 Å². The molecule has 0 radical (unpaired) electrons. The van der Waals surface area contributed by atoms with Crippen LogP contribution in [0.25, 0.3) is 0 Å². The number of aromatic carboxylic acids is 2. The standard InChI is InChI=1S/C22H27N3O4/c23-16-9-17(24-12-14-5-1-3-7-19(14)21(26)27)11-18(10-16)25-13-15-6-2-4-8-20(15)22(28)29/h1-8,16-18,24-25H,9-13,23H2,(H,26,27)(H,28,29)/t16?,17-,18+. The Kier molecular flexibility index (Phi) is 6.98. The van der Waals surface area contributed by atoms with Crippen molar-refractivity contribution in [3.63, 3.8) is 0 Å². The van der Waals surface area contributed by atoms with Gasteiger partial charge in [0.05, 0.1) is 11.1 Å². The SMILES string of the molecule is NC1C[C@@H](NCc2ccccc2C(=O)O)C[C@@H](NCc2ccccc2C(=O)O)C1. The van der Waals surface area contributed by atoms with Crippen LogP contribution in [0.4, 0.5) is 0 Å². The second kappa shape index (κ2) is 9.65. The van der Waals surface area contributed by atoms with Gasteiger partial charge in [-0.25, -0.2) is 9.59 Å². The molecule has 1 fully saturated rings. The number of hydrogen-bond acceptors (Lipinski definition) is 5. The van der Waals surface area contributed by atoms with Crippen molar-refractivity contribution >= 4 is 11.9 Å². The highest BCUT2D eigenvalue weighted by atomic mass is 16.4. The highest BCUT2D eigenvalue weighted by Gasteiger charge is 2.27. The summed E-state index contributed by atoms with van der Waals surface area (Å²) in [5.41, 5.74) is 8.35. The Morgan fingerprint density at radius 2 is 1.21 bits per heavy atom. The van der Waals surface area contributed by atoms with E-state index >= 15 is 0 Å². The van der Waals surface area contributed by atoms with E-state index in [0.29, 0.717) is 24.2 Å². The summed E-state index contributed by atoms with van der Waals surface area (Å²) in [4.78, 5) is 22.7. The van der Waals surface area contributed by atoms with Crippen LogP contribution in [-0.2, 0) is 13.1 Å². The quantitative estimate of drug-likeness (QED) is 0.462. The monoisotopic (exact) mass is 397 g/mol. The van der Waals surface area contributed by atoms with Crippen LogP contribution >= 0.6 is 0 Å². The van der Waals surface area contributed by atoms with E-state index < -0.39 is 11.9 Å². The maximum absolute atomic E-state index is 11.4. The maximum atomic E-state index is 11.4. The van der Waals surface area contributed by atoms with Crippen LogP contribution < -0.4 is 16.4 Å². The molecule has 7 heteroatoms. The molecule has 1 saturated carbocycles. The Balaban J connectivity index is 1.58. The Morgan fingerprint density at radius 1 is 0.793 bits per heavy atom. The van der Waals surface area contributed by atoms with Gasteiger partial charge in [0.2, 0.25) is 0 Å². The minimum absolute atomic E-state index is 0.0307. The fourth-order valence-corrected chi connectivity index (χ4v) is 3.97. The van der Waals surface area contributed by atoms with Crippen LogP contribution in [0.2, 0.25) is 0 Å². The Morgan fingerprint density at radius 3 is 1.62 bits per heavy atom. The predicted octanol–water partition coefficient (Wildman–Crippen LogP) is 2.21. The second-order valence-corrected chi connectivity index (χ2v) is 7.55. The van der Waals surface area contributed by atoms with Gasteiger partial charge >= 0.3 is 11.9 Å². The van der Waals surface area contributed by atoms with E-state index in [0.717, 1.165) is 30.4 Å². The first-order valence-electron chi connectivity index (χ1n) is 9.78. The molecule has 1 aliphatic rings. The normalized spacial score (nSPS) is 21.6. The minimum Gasteiger partial charge on any atom is -0.478 e. The van der Waals surface area contributed by atoms with Gasteiger partial charge in [-0.2, -0.15) is 0 Å². The van der Waals surface area contributed by atoms with Crippen molar-refractivity contribution in [2.75, 3.05) is 0 Å². The Hall–Kier alpha value is -2.74. The topological polar surface area (TPSA) is 125 Å². The summed E-state index contributed by atoms with van der Waals surface area (Å²) in [5, 5.41) is 25.5. The number of nitrogens with one attached hydrogen (secondary N) is 2. The molecule has 0 spiro atoms. The number of carbonyl (C=O) groups is 2. The van der Waals surface area contributed by atoms with Crippen molar-refractivity contribution in [2.45, 2.75) is 50.5 Å². The molecule has 3 atom stereocenters. The molecule has 0 heterocycles. The summed E-state index contributed by atoms with van der Waals surface area (Å²) < 4.78 is 0. The first-order valence-corrected chi connectivity index (χ1v) is 9.78. The first kappa shape index (κ1) is 21.0. The fourth-order valence-electron chi connectivity index (χ4n) is 3.97. The van der Waals surface area contributed by atoms with Crippen LogP contribution in [0.15, 0.2) is 48.5 Å². The molecule has 1 aliphatic carbocycles. The average molecular weight is 397 g/mol. The number of carboxylic acid groups (broad SMARTS) is 2. The summed E-state index contributed by atoms with van der Waals surface area (Å²) in [6.07, 6.45) is 2.48. The summed E-state index contributed by atoms with van der Waals surface area (Å²) in [6, 6.07) is 14.3. The molecular formula is C22H27N3O4. The van der Waals surface area contributed by atoms with Crippen molar-refractivity contribution in [2.24, 2.45) is 5.73 Å². The summed E-state index contributed by atoms with van der Waals surface area (Å²) >= 11 is 0. The van der Waals surface area contributed by atoms with Crippen LogP contribution in [0, 0.1) is 0 Å². The van der Waals surface area contributed by atoms with Crippen LogP contribution in [-0.4, -0.2) is 40.3 Å². The minimum atomic E-state index is -0.931.